The van der Waals surface area contributed by atoms with Gasteiger partial charge in [0.15, 0.2) is 0 Å². The molecule has 6 rings (SSSR count). The Bertz CT molecular complexity index is 1660. The van der Waals surface area contributed by atoms with E-state index < -0.39 is 0 Å². The van der Waals surface area contributed by atoms with Crippen molar-refractivity contribution >= 4 is 73.6 Å². The van der Waals surface area contributed by atoms with Crippen LogP contribution in [0.1, 0.15) is 25.3 Å². The maximum atomic E-state index is 5.81. The molecular formula is C32H42BrN11OS. The predicted octanol–water partition coefficient (Wildman–Crippen LogP) is 5.57. The van der Waals surface area contributed by atoms with Crippen LogP contribution in [0.5, 0.6) is 5.88 Å². The number of hydrogen-bond donors (Lipinski definition) is 2. The Labute approximate surface area is 283 Å². The molecule has 0 radical (unpaired) electrons. The molecule has 2 fully saturated rings. The quantitative estimate of drug-likeness (QED) is 0.201. The van der Waals surface area contributed by atoms with Gasteiger partial charge in [0.2, 0.25) is 11.8 Å². The van der Waals surface area contributed by atoms with E-state index in [-0.39, 0.29) is 0 Å². The van der Waals surface area contributed by atoms with Gasteiger partial charge >= 0.3 is 0 Å². The van der Waals surface area contributed by atoms with Gasteiger partial charge in [0.25, 0.3) is 0 Å². The van der Waals surface area contributed by atoms with E-state index in [0.29, 0.717) is 23.7 Å². The summed E-state index contributed by atoms with van der Waals surface area (Å²) in [5, 5.41) is 6.86. The number of fused-ring (bicyclic) bond motifs is 1. The van der Waals surface area contributed by atoms with Crippen molar-refractivity contribution in [1.82, 2.24) is 34.7 Å². The molecule has 0 bridgehead atoms. The first kappa shape index (κ1) is 32.5. The molecule has 0 amide bonds. The normalized spacial score (nSPS) is 16.5. The minimum absolute atomic E-state index is 0.425. The van der Waals surface area contributed by atoms with Crippen LogP contribution in [0.3, 0.4) is 0 Å². The largest absolute Gasteiger partial charge is 0.479 e. The lowest BCUT2D eigenvalue weighted by Gasteiger charge is -2.42. The molecule has 2 saturated heterocycles. The number of aryl methyl sites for hydroxylation is 1. The molecule has 2 aliphatic rings. The summed E-state index contributed by atoms with van der Waals surface area (Å²) in [7, 11) is 5.88. The minimum Gasteiger partial charge on any atom is -0.479 e. The summed E-state index contributed by atoms with van der Waals surface area (Å²) in [4.78, 5) is 31.0. The van der Waals surface area contributed by atoms with Crippen LogP contribution in [-0.4, -0.2) is 107 Å². The summed E-state index contributed by atoms with van der Waals surface area (Å²) in [6.45, 7) is 8.79. The Morgan fingerprint density at radius 3 is 2.48 bits per heavy atom. The number of nitrogens with one attached hydrogen (secondary N) is 2. The molecule has 4 aromatic rings. The van der Waals surface area contributed by atoms with Gasteiger partial charge < -0.3 is 29.5 Å². The van der Waals surface area contributed by atoms with Crippen LogP contribution in [0.25, 0.3) is 11.0 Å². The highest BCUT2D eigenvalue weighted by molar-refractivity contribution is 9.10. The molecule has 2 N–H and O–H groups in total. The molecule has 5 heterocycles. The summed E-state index contributed by atoms with van der Waals surface area (Å²) in [6.07, 6.45) is 10.3. The van der Waals surface area contributed by atoms with E-state index in [1.54, 1.807) is 37.6 Å². The average molecular weight is 709 g/mol. The number of halogens is 1. The molecule has 244 valence electrons. The molecule has 0 atom stereocenters. The van der Waals surface area contributed by atoms with Crippen LogP contribution in [0.15, 0.2) is 41.3 Å². The fourth-order valence-electron chi connectivity index (χ4n) is 6.23. The van der Waals surface area contributed by atoms with E-state index in [1.807, 2.05) is 25.4 Å². The third-order valence-electron chi connectivity index (χ3n) is 8.88. The second kappa shape index (κ2) is 14.5. The third kappa shape index (κ3) is 6.94. The molecule has 46 heavy (non-hydrogen) atoms. The summed E-state index contributed by atoms with van der Waals surface area (Å²) in [5.74, 6) is 2.56. The van der Waals surface area contributed by atoms with Crippen LogP contribution >= 0.6 is 27.9 Å². The lowest BCUT2D eigenvalue weighted by atomic mass is 10.0. The number of ether oxygens (including phenoxy) is 1. The maximum Gasteiger partial charge on any atom is 0.239 e. The van der Waals surface area contributed by atoms with E-state index >= 15 is 0 Å². The smallest absolute Gasteiger partial charge is 0.239 e. The molecule has 2 aliphatic heterocycles. The third-order valence-corrected chi connectivity index (χ3v) is 10.2. The Kier molecular flexibility index (Phi) is 10.3. The number of rotatable bonds is 10. The van der Waals surface area contributed by atoms with Crippen molar-refractivity contribution in [2.24, 2.45) is 0 Å². The Morgan fingerprint density at radius 2 is 1.76 bits per heavy atom. The van der Waals surface area contributed by atoms with Gasteiger partial charge in [0, 0.05) is 77.2 Å². The van der Waals surface area contributed by atoms with Crippen molar-refractivity contribution in [3.05, 3.63) is 46.8 Å². The van der Waals surface area contributed by atoms with E-state index in [0.717, 1.165) is 96.9 Å². The van der Waals surface area contributed by atoms with Crippen LogP contribution in [0, 0.1) is 0 Å². The van der Waals surface area contributed by atoms with Gasteiger partial charge in [-0.25, -0.2) is 4.98 Å². The first-order valence-corrected chi connectivity index (χ1v) is 17.7. The minimum atomic E-state index is 0.425. The fraction of sp³-hybridized carbons (Fsp3) is 0.469. The number of piperidine rings is 1. The molecule has 12 nitrogen and oxygen atoms in total. The van der Waals surface area contributed by atoms with Crippen LogP contribution in [0.4, 0.5) is 34.6 Å². The number of anilines is 6. The maximum absolute atomic E-state index is 5.81. The van der Waals surface area contributed by atoms with E-state index in [1.165, 1.54) is 5.56 Å². The van der Waals surface area contributed by atoms with Crippen molar-refractivity contribution in [1.29, 1.82) is 0 Å². The number of methoxy groups -OCH3 is 1. The van der Waals surface area contributed by atoms with Gasteiger partial charge in [-0.1, -0.05) is 18.9 Å². The Balaban J connectivity index is 1.22. The summed E-state index contributed by atoms with van der Waals surface area (Å²) >= 11 is 5.22. The molecule has 0 aliphatic carbocycles. The number of aromatic nitrogens is 5. The predicted molar refractivity (Wildman–Crippen MR) is 192 cm³/mol. The highest BCUT2D eigenvalue weighted by atomic mass is 79.9. The van der Waals surface area contributed by atoms with Gasteiger partial charge in [-0.15, -0.1) is 0 Å². The average Bonchev–Trinajstić information content (AvgIpc) is 3.09. The second-order valence-corrected chi connectivity index (χ2v) is 13.4. The first-order chi connectivity index (χ1) is 22.4. The van der Waals surface area contributed by atoms with E-state index in [2.05, 4.69) is 80.6 Å². The van der Waals surface area contributed by atoms with Gasteiger partial charge in [-0.05, 0) is 66.0 Å². The standard InChI is InChI=1S/C32H42BrN11OS/c1-6-21-19-26(31(45-4)40-30(21)44-13-9-22(10-14-44)43-17-15-41(2)16-18-43)38-32-36-20-23(33)29(39-32)37-25-8-7-24-27(35-12-11-34-24)28(25)42(3)46-5/h7-8,11-12,19-20,22H,6,9-10,13-18H2,1-5H3,(H2,36,37,38,39). The van der Waals surface area contributed by atoms with Gasteiger partial charge in [-0.2, -0.15) is 9.97 Å². The lowest BCUT2D eigenvalue weighted by molar-refractivity contribution is 0.0981. The number of benzene rings is 1. The van der Waals surface area contributed by atoms with Crippen molar-refractivity contribution in [3.63, 3.8) is 0 Å². The zero-order valence-corrected chi connectivity index (χ0v) is 29.5. The Hall–Kier alpha value is -3.46. The Morgan fingerprint density at radius 1 is 1.00 bits per heavy atom. The van der Waals surface area contributed by atoms with Gasteiger partial charge in [0.1, 0.15) is 22.8 Å². The molecule has 0 unspecified atom stereocenters. The summed E-state index contributed by atoms with van der Waals surface area (Å²) in [5.41, 5.74) is 5.29. The van der Waals surface area contributed by atoms with Crippen molar-refractivity contribution in [2.75, 3.05) is 86.6 Å². The molecule has 0 saturated carbocycles. The molecule has 0 spiro atoms. The summed E-state index contributed by atoms with van der Waals surface area (Å²) < 4.78 is 8.59. The number of pyridine rings is 1. The molecule has 14 heteroatoms. The zero-order valence-electron chi connectivity index (χ0n) is 27.1. The second-order valence-electron chi connectivity index (χ2n) is 11.6. The molecule has 3 aromatic heterocycles. The van der Waals surface area contributed by atoms with Crippen LogP contribution < -0.4 is 24.6 Å². The van der Waals surface area contributed by atoms with E-state index in [9.17, 15) is 0 Å². The monoisotopic (exact) mass is 707 g/mol. The number of hydrogen-bond acceptors (Lipinski definition) is 13. The SMILES string of the molecule is CCc1cc(Nc2ncc(Br)c(Nc3ccc4nccnc4c3N(C)SC)n2)c(OC)nc1N1CCC(N2CCN(C)CC2)CC1. The number of likely N-dealkylation sites (N-methyl/N-ethyl adjacent to an activating group) is 1. The highest BCUT2D eigenvalue weighted by Crippen LogP contribution is 2.38. The summed E-state index contributed by atoms with van der Waals surface area (Å²) in [6, 6.07) is 6.72. The first-order valence-electron chi connectivity index (χ1n) is 15.7. The number of nitrogens with zero attached hydrogens (tertiary/aromatic N) is 9. The number of piperazine rings is 1. The van der Waals surface area contributed by atoms with E-state index in [4.69, 9.17) is 14.7 Å². The van der Waals surface area contributed by atoms with Crippen LogP contribution in [-0.2, 0) is 6.42 Å². The van der Waals surface area contributed by atoms with Crippen molar-refractivity contribution in [2.45, 2.75) is 32.2 Å². The van der Waals surface area contributed by atoms with Crippen LogP contribution in [0.2, 0.25) is 0 Å². The van der Waals surface area contributed by atoms with Crippen molar-refractivity contribution in [3.8, 4) is 5.88 Å². The van der Waals surface area contributed by atoms with Crippen molar-refractivity contribution < 1.29 is 4.74 Å². The molecular weight excluding hydrogens is 666 g/mol. The zero-order chi connectivity index (χ0) is 32.2. The van der Waals surface area contributed by atoms with Gasteiger partial charge in [-0.3, -0.25) is 14.9 Å². The fourth-order valence-corrected chi connectivity index (χ4v) is 6.89. The molecule has 1 aromatic carbocycles. The highest BCUT2D eigenvalue weighted by Gasteiger charge is 2.28. The lowest BCUT2D eigenvalue weighted by Crippen LogP contribution is -2.52. The topological polar surface area (TPSA) is 111 Å². The van der Waals surface area contributed by atoms with Gasteiger partial charge in [0.05, 0.1) is 28.5 Å².